The monoisotopic (exact) mass is 396 g/mol. The lowest BCUT2D eigenvalue weighted by atomic mass is 10.1. The van der Waals surface area contributed by atoms with E-state index in [0.29, 0.717) is 12.4 Å². The quantitative estimate of drug-likeness (QED) is 0.521. The summed E-state index contributed by atoms with van der Waals surface area (Å²) in [4.78, 5) is 12.3. The smallest absolute Gasteiger partial charge is 0.236 e. The summed E-state index contributed by atoms with van der Waals surface area (Å²) < 4.78 is 11.7. The van der Waals surface area contributed by atoms with Crippen LogP contribution in [0.3, 0.4) is 0 Å². The summed E-state index contributed by atoms with van der Waals surface area (Å²) in [6, 6.07) is 14.0. The van der Waals surface area contributed by atoms with E-state index < -0.39 is 0 Å². The summed E-state index contributed by atoms with van der Waals surface area (Å²) in [5, 5.41) is 5.41. The molecule has 4 rings (SSSR count). The van der Waals surface area contributed by atoms with E-state index in [2.05, 4.69) is 20.2 Å². The van der Waals surface area contributed by atoms with Crippen molar-refractivity contribution in [3.05, 3.63) is 59.8 Å². The molecule has 1 aromatic carbocycles. The minimum absolute atomic E-state index is 0.251. The number of nitrogens with zero attached hydrogens (tertiary/aromatic N) is 3. The molecule has 7 heteroatoms. The van der Waals surface area contributed by atoms with Crippen LogP contribution in [0, 0.1) is 0 Å². The van der Waals surface area contributed by atoms with Crippen LogP contribution in [0.2, 0.25) is 0 Å². The summed E-state index contributed by atoms with van der Waals surface area (Å²) in [5.41, 5.74) is 0.867. The normalized spacial score (nSPS) is 15.6. The number of aliphatic imine (C=N–C) groups is 1. The number of hydrogen-bond donors (Lipinski definition) is 1. The molecule has 146 valence electrons. The molecule has 28 heavy (non-hydrogen) atoms. The molecule has 1 fully saturated rings. The van der Waals surface area contributed by atoms with Crippen molar-refractivity contribution >= 4 is 17.3 Å². The highest BCUT2D eigenvalue weighted by molar-refractivity contribution is 7.13. The van der Waals surface area contributed by atoms with Crippen LogP contribution in [0.4, 0.5) is 0 Å². The molecule has 0 saturated carbocycles. The van der Waals surface area contributed by atoms with Gasteiger partial charge in [0.2, 0.25) is 5.89 Å². The Morgan fingerprint density at radius 1 is 1.25 bits per heavy atom. The zero-order valence-corrected chi connectivity index (χ0v) is 16.7. The number of aromatic nitrogens is 1. The number of para-hydroxylation sites is 1. The van der Waals surface area contributed by atoms with Crippen LogP contribution in [-0.4, -0.2) is 42.1 Å². The second kappa shape index (κ2) is 8.93. The molecule has 2 aromatic heterocycles. The van der Waals surface area contributed by atoms with E-state index in [9.17, 15) is 0 Å². The standard InChI is InChI=1S/C21H24N4O2S/c1-22-21(23-14-16-15-26-20(24-16)19-8-5-13-28-19)25-11-9-18(10-12-25)27-17-6-3-2-4-7-17/h2-8,13,15,18H,9-12,14H2,1H3,(H,22,23). The highest BCUT2D eigenvalue weighted by Crippen LogP contribution is 2.23. The van der Waals surface area contributed by atoms with Gasteiger partial charge in [-0.15, -0.1) is 11.3 Å². The zero-order valence-electron chi connectivity index (χ0n) is 15.9. The SMILES string of the molecule is CN=C(NCc1coc(-c2cccs2)n1)N1CCC(Oc2ccccc2)CC1. The van der Waals surface area contributed by atoms with Crippen molar-refractivity contribution in [2.24, 2.45) is 4.99 Å². The van der Waals surface area contributed by atoms with Crippen LogP contribution in [0.1, 0.15) is 18.5 Å². The largest absolute Gasteiger partial charge is 0.490 e. The Bertz CT molecular complexity index is 884. The topological polar surface area (TPSA) is 62.9 Å². The van der Waals surface area contributed by atoms with E-state index >= 15 is 0 Å². The first-order valence-corrected chi connectivity index (χ1v) is 10.4. The van der Waals surface area contributed by atoms with Crippen molar-refractivity contribution in [3.8, 4) is 16.5 Å². The molecule has 0 aliphatic carbocycles. The number of likely N-dealkylation sites (tertiary alicyclic amines) is 1. The molecule has 0 amide bonds. The van der Waals surface area contributed by atoms with Gasteiger partial charge in [0, 0.05) is 33.0 Å². The first kappa shape index (κ1) is 18.6. The first-order chi connectivity index (χ1) is 13.8. The Kier molecular flexibility index (Phi) is 5.92. The Hall–Kier alpha value is -2.80. The van der Waals surface area contributed by atoms with E-state index in [-0.39, 0.29) is 6.10 Å². The van der Waals surface area contributed by atoms with Gasteiger partial charge in [0.15, 0.2) is 5.96 Å². The number of thiophene rings is 1. The summed E-state index contributed by atoms with van der Waals surface area (Å²) in [6.07, 6.45) is 3.90. The Labute approximate surface area is 168 Å². The van der Waals surface area contributed by atoms with Crippen LogP contribution in [0.15, 0.2) is 63.5 Å². The van der Waals surface area contributed by atoms with Gasteiger partial charge in [-0.05, 0) is 23.6 Å². The molecule has 0 unspecified atom stereocenters. The van der Waals surface area contributed by atoms with Gasteiger partial charge < -0.3 is 19.4 Å². The van der Waals surface area contributed by atoms with Crippen LogP contribution in [-0.2, 0) is 6.54 Å². The highest BCUT2D eigenvalue weighted by atomic mass is 32.1. The molecule has 0 atom stereocenters. The van der Waals surface area contributed by atoms with E-state index in [1.807, 2.05) is 54.9 Å². The van der Waals surface area contributed by atoms with Crippen molar-refractivity contribution in [3.63, 3.8) is 0 Å². The maximum absolute atomic E-state index is 6.08. The third-order valence-corrected chi connectivity index (χ3v) is 5.57. The van der Waals surface area contributed by atoms with E-state index in [0.717, 1.165) is 48.2 Å². The second-order valence-corrected chi connectivity index (χ2v) is 7.59. The molecule has 3 aromatic rings. The average Bonchev–Trinajstić information content (AvgIpc) is 3.42. The molecular formula is C21H24N4O2S. The molecule has 1 aliphatic heterocycles. The average molecular weight is 397 g/mol. The number of rotatable bonds is 5. The molecule has 1 N–H and O–H groups in total. The molecule has 0 spiro atoms. The number of oxazole rings is 1. The fourth-order valence-electron chi connectivity index (χ4n) is 3.28. The molecule has 1 saturated heterocycles. The zero-order chi connectivity index (χ0) is 19.2. The fourth-order valence-corrected chi connectivity index (χ4v) is 3.94. The van der Waals surface area contributed by atoms with Crippen molar-refractivity contribution in [2.45, 2.75) is 25.5 Å². The second-order valence-electron chi connectivity index (χ2n) is 6.64. The first-order valence-electron chi connectivity index (χ1n) is 9.47. The third kappa shape index (κ3) is 4.54. The van der Waals surface area contributed by atoms with Crippen molar-refractivity contribution in [1.29, 1.82) is 0 Å². The van der Waals surface area contributed by atoms with Crippen molar-refractivity contribution < 1.29 is 9.15 Å². The predicted molar refractivity (Wildman–Crippen MR) is 112 cm³/mol. The Balaban J connectivity index is 1.27. The number of benzene rings is 1. The van der Waals surface area contributed by atoms with Gasteiger partial charge in [0.25, 0.3) is 0 Å². The van der Waals surface area contributed by atoms with Gasteiger partial charge >= 0.3 is 0 Å². The Morgan fingerprint density at radius 2 is 2.07 bits per heavy atom. The molecule has 3 heterocycles. The summed E-state index contributed by atoms with van der Waals surface area (Å²) in [6.45, 7) is 2.41. The van der Waals surface area contributed by atoms with Gasteiger partial charge in [0.1, 0.15) is 18.1 Å². The summed E-state index contributed by atoms with van der Waals surface area (Å²) in [7, 11) is 1.81. The molecule has 0 bridgehead atoms. The van der Waals surface area contributed by atoms with Crippen LogP contribution in [0.5, 0.6) is 5.75 Å². The number of piperidine rings is 1. The molecule has 0 radical (unpaired) electrons. The Morgan fingerprint density at radius 3 is 2.79 bits per heavy atom. The molecule has 1 aliphatic rings. The lowest BCUT2D eigenvalue weighted by Gasteiger charge is -2.34. The number of guanidine groups is 1. The lowest BCUT2D eigenvalue weighted by Crippen LogP contribution is -2.47. The minimum atomic E-state index is 0.251. The lowest BCUT2D eigenvalue weighted by molar-refractivity contribution is 0.129. The minimum Gasteiger partial charge on any atom is -0.490 e. The van der Waals surface area contributed by atoms with Crippen LogP contribution < -0.4 is 10.1 Å². The third-order valence-electron chi connectivity index (χ3n) is 4.71. The van der Waals surface area contributed by atoms with Gasteiger partial charge in [0.05, 0.1) is 17.1 Å². The number of hydrogen-bond acceptors (Lipinski definition) is 5. The maximum atomic E-state index is 6.08. The summed E-state index contributed by atoms with van der Waals surface area (Å²) in [5.74, 6) is 2.50. The molecule has 6 nitrogen and oxygen atoms in total. The van der Waals surface area contributed by atoms with Gasteiger partial charge in [-0.2, -0.15) is 0 Å². The van der Waals surface area contributed by atoms with Crippen LogP contribution in [0.25, 0.3) is 10.8 Å². The summed E-state index contributed by atoms with van der Waals surface area (Å²) >= 11 is 1.62. The van der Waals surface area contributed by atoms with E-state index in [4.69, 9.17) is 9.15 Å². The van der Waals surface area contributed by atoms with Gasteiger partial charge in [-0.3, -0.25) is 4.99 Å². The predicted octanol–water partition coefficient (Wildman–Crippen LogP) is 4.02. The highest BCUT2D eigenvalue weighted by Gasteiger charge is 2.22. The van der Waals surface area contributed by atoms with Crippen molar-refractivity contribution in [2.75, 3.05) is 20.1 Å². The number of ether oxygens (including phenoxy) is 1. The fraction of sp³-hybridized carbons (Fsp3) is 0.333. The number of nitrogens with one attached hydrogen (secondary N) is 1. The molecular weight excluding hydrogens is 372 g/mol. The van der Waals surface area contributed by atoms with E-state index in [1.165, 1.54) is 0 Å². The van der Waals surface area contributed by atoms with Gasteiger partial charge in [-0.1, -0.05) is 24.3 Å². The maximum Gasteiger partial charge on any atom is 0.236 e. The van der Waals surface area contributed by atoms with Gasteiger partial charge in [-0.25, -0.2) is 4.98 Å². The van der Waals surface area contributed by atoms with Crippen molar-refractivity contribution in [1.82, 2.24) is 15.2 Å². The van der Waals surface area contributed by atoms with Crippen LogP contribution >= 0.6 is 11.3 Å². The van der Waals surface area contributed by atoms with E-state index in [1.54, 1.807) is 17.6 Å².